The van der Waals surface area contributed by atoms with Gasteiger partial charge in [0.25, 0.3) is 5.91 Å². The Labute approximate surface area is 160 Å². The molecule has 1 N–H and O–H groups in total. The monoisotopic (exact) mass is 385 g/mol. The van der Waals surface area contributed by atoms with Gasteiger partial charge in [-0.1, -0.05) is 65.4 Å². The fourth-order valence-electron chi connectivity index (χ4n) is 2.17. The summed E-state index contributed by atoms with van der Waals surface area (Å²) in [6.45, 7) is 0.435. The number of methoxy groups -OCH3 is 1. The van der Waals surface area contributed by atoms with Gasteiger partial charge in [0.15, 0.2) is 5.01 Å². The van der Waals surface area contributed by atoms with Crippen molar-refractivity contribution in [3.63, 3.8) is 0 Å². The van der Waals surface area contributed by atoms with Crippen molar-refractivity contribution in [3.05, 3.63) is 75.7 Å². The SMILES string of the molecule is COc1ccc(C=C(Cl)c2nnc(C(=O)NCc3ccccc3)s2)cc1. The fraction of sp³-hybridized carbons (Fsp3) is 0.105. The lowest BCUT2D eigenvalue weighted by atomic mass is 10.2. The molecule has 0 bridgehead atoms. The molecule has 0 unspecified atom stereocenters. The van der Waals surface area contributed by atoms with Crippen LogP contribution in [0, 0.1) is 0 Å². The molecular weight excluding hydrogens is 370 g/mol. The number of benzene rings is 2. The maximum absolute atomic E-state index is 12.2. The molecule has 0 aliphatic carbocycles. The number of rotatable bonds is 6. The van der Waals surface area contributed by atoms with E-state index in [1.54, 1.807) is 13.2 Å². The first kappa shape index (κ1) is 18.1. The van der Waals surface area contributed by atoms with E-state index in [2.05, 4.69) is 15.5 Å². The van der Waals surface area contributed by atoms with E-state index in [1.165, 1.54) is 0 Å². The van der Waals surface area contributed by atoms with Crippen LogP contribution in [0.4, 0.5) is 0 Å². The largest absolute Gasteiger partial charge is 0.497 e. The number of carbonyl (C=O) groups is 1. The van der Waals surface area contributed by atoms with E-state index in [0.717, 1.165) is 28.2 Å². The minimum absolute atomic E-state index is 0.272. The van der Waals surface area contributed by atoms with E-state index < -0.39 is 0 Å². The van der Waals surface area contributed by atoms with Gasteiger partial charge in [0.05, 0.1) is 12.1 Å². The number of nitrogens with zero attached hydrogens (tertiary/aromatic N) is 2. The van der Waals surface area contributed by atoms with Crippen LogP contribution in [0.1, 0.15) is 25.9 Å². The van der Waals surface area contributed by atoms with Gasteiger partial charge in [0, 0.05) is 6.54 Å². The smallest absolute Gasteiger partial charge is 0.282 e. The van der Waals surface area contributed by atoms with Gasteiger partial charge in [0.1, 0.15) is 5.75 Å². The first-order valence-corrected chi connectivity index (χ1v) is 9.02. The molecule has 0 saturated heterocycles. The maximum atomic E-state index is 12.2. The normalized spacial score (nSPS) is 11.2. The summed E-state index contributed by atoms with van der Waals surface area (Å²) in [5.41, 5.74) is 1.92. The van der Waals surface area contributed by atoms with Crippen molar-refractivity contribution >= 4 is 40.0 Å². The highest BCUT2D eigenvalue weighted by Gasteiger charge is 2.14. The third-order valence-corrected chi connectivity index (χ3v) is 4.88. The second-order valence-electron chi connectivity index (χ2n) is 5.35. The zero-order valence-electron chi connectivity index (χ0n) is 14.0. The molecule has 26 heavy (non-hydrogen) atoms. The number of hydrogen-bond donors (Lipinski definition) is 1. The lowest BCUT2D eigenvalue weighted by Gasteiger charge is -2.02. The molecule has 2 aromatic carbocycles. The summed E-state index contributed by atoms with van der Waals surface area (Å²) in [7, 11) is 1.61. The zero-order chi connectivity index (χ0) is 18.4. The van der Waals surface area contributed by atoms with Crippen LogP contribution in [0.25, 0.3) is 11.1 Å². The number of ether oxygens (including phenoxy) is 1. The standard InChI is InChI=1S/C19H16ClN3O2S/c1-25-15-9-7-13(8-10-15)11-16(20)18-22-23-19(26-18)17(24)21-12-14-5-3-2-4-6-14/h2-11H,12H2,1H3,(H,21,24). The predicted octanol–water partition coefficient (Wildman–Crippen LogP) is 4.21. The Morgan fingerprint density at radius 3 is 2.50 bits per heavy atom. The van der Waals surface area contributed by atoms with Gasteiger partial charge in [-0.15, -0.1) is 10.2 Å². The Hall–Kier alpha value is -2.70. The van der Waals surface area contributed by atoms with Gasteiger partial charge in [-0.05, 0) is 29.3 Å². The third kappa shape index (κ3) is 4.68. The van der Waals surface area contributed by atoms with Crippen molar-refractivity contribution in [2.45, 2.75) is 6.54 Å². The fourth-order valence-corrected chi connectivity index (χ4v) is 3.12. The molecule has 3 rings (SSSR count). The van der Waals surface area contributed by atoms with Gasteiger partial charge in [0.2, 0.25) is 5.01 Å². The van der Waals surface area contributed by atoms with Crippen molar-refractivity contribution in [1.82, 2.24) is 15.5 Å². The molecule has 0 fully saturated rings. The molecule has 132 valence electrons. The second kappa shape index (κ2) is 8.60. The average molecular weight is 386 g/mol. The van der Waals surface area contributed by atoms with Gasteiger partial charge in [-0.25, -0.2) is 0 Å². The van der Waals surface area contributed by atoms with Crippen LogP contribution >= 0.6 is 22.9 Å². The van der Waals surface area contributed by atoms with Gasteiger partial charge >= 0.3 is 0 Å². The topological polar surface area (TPSA) is 64.1 Å². The maximum Gasteiger partial charge on any atom is 0.282 e. The molecule has 1 heterocycles. The van der Waals surface area contributed by atoms with E-state index in [-0.39, 0.29) is 10.9 Å². The molecule has 0 saturated carbocycles. The number of amides is 1. The van der Waals surface area contributed by atoms with Crippen molar-refractivity contribution in [2.24, 2.45) is 0 Å². The lowest BCUT2D eigenvalue weighted by Crippen LogP contribution is -2.22. The Bertz CT molecular complexity index is 908. The Kier molecular flexibility index (Phi) is 5.99. The summed E-state index contributed by atoms with van der Waals surface area (Å²) in [5, 5.41) is 12.0. The summed E-state index contributed by atoms with van der Waals surface area (Å²) in [6, 6.07) is 17.1. The van der Waals surface area contributed by atoms with E-state index in [0.29, 0.717) is 16.6 Å². The van der Waals surface area contributed by atoms with Gasteiger partial charge < -0.3 is 10.1 Å². The van der Waals surface area contributed by atoms with Crippen molar-refractivity contribution in [3.8, 4) is 5.75 Å². The number of halogens is 1. The van der Waals surface area contributed by atoms with Crippen molar-refractivity contribution in [1.29, 1.82) is 0 Å². The summed E-state index contributed by atoms with van der Waals surface area (Å²) in [5.74, 6) is 0.498. The van der Waals surface area contributed by atoms with Gasteiger partial charge in [-0.2, -0.15) is 0 Å². The molecule has 0 atom stereocenters. The summed E-state index contributed by atoms with van der Waals surface area (Å²) in [6.07, 6.45) is 1.77. The average Bonchev–Trinajstić information content (AvgIpc) is 3.18. The minimum Gasteiger partial charge on any atom is -0.497 e. The Balaban J connectivity index is 1.65. The minimum atomic E-state index is -0.272. The van der Waals surface area contributed by atoms with Gasteiger partial charge in [-0.3, -0.25) is 4.79 Å². The highest BCUT2D eigenvalue weighted by atomic mass is 35.5. The first-order chi connectivity index (χ1) is 12.7. The van der Waals surface area contributed by atoms with Crippen LogP contribution in [0.15, 0.2) is 54.6 Å². The Morgan fingerprint density at radius 2 is 1.81 bits per heavy atom. The van der Waals surface area contributed by atoms with Crippen molar-refractivity contribution in [2.75, 3.05) is 7.11 Å². The van der Waals surface area contributed by atoms with Crippen molar-refractivity contribution < 1.29 is 9.53 Å². The molecule has 3 aromatic rings. The summed E-state index contributed by atoms with van der Waals surface area (Å²) >= 11 is 7.46. The molecule has 0 spiro atoms. The molecule has 0 aliphatic rings. The van der Waals surface area contributed by atoms with Crippen LogP contribution in [0.5, 0.6) is 5.75 Å². The third-order valence-electron chi connectivity index (χ3n) is 3.53. The number of nitrogens with one attached hydrogen (secondary N) is 1. The number of aromatic nitrogens is 2. The molecule has 0 radical (unpaired) electrons. The van der Waals surface area contributed by atoms with E-state index in [1.807, 2.05) is 54.6 Å². The zero-order valence-corrected chi connectivity index (χ0v) is 15.6. The van der Waals surface area contributed by atoms with E-state index in [4.69, 9.17) is 16.3 Å². The quantitative estimate of drug-likeness (QED) is 0.690. The predicted molar refractivity (Wildman–Crippen MR) is 104 cm³/mol. The van der Waals surface area contributed by atoms with Crippen LogP contribution in [-0.2, 0) is 6.54 Å². The molecule has 5 nitrogen and oxygen atoms in total. The summed E-state index contributed by atoms with van der Waals surface area (Å²) in [4.78, 5) is 12.2. The van der Waals surface area contributed by atoms with Crippen LogP contribution < -0.4 is 10.1 Å². The number of carbonyl (C=O) groups excluding carboxylic acids is 1. The van der Waals surface area contributed by atoms with Crippen LogP contribution in [-0.4, -0.2) is 23.2 Å². The van der Waals surface area contributed by atoms with E-state index >= 15 is 0 Å². The van der Waals surface area contributed by atoms with Crippen LogP contribution in [0.2, 0.25) is 0 Å². The molecule has 0 aliphatic heterocycles. The number of hydrogen-bond acceptors (Lipinski definition) is 5. The Morgan fingerprint density at radius 1 is 1.12 bits per heavy atom. The lowest BCUT2D eigenvalue weighted by molar-refractivity contribution is 0.0950. The molecule has 1 amide bonds. The second-order valence-corrected chi connectivity index (χ2v) is 6.73. The summed E-state index contributed by atoms with van der Waals surface area (Å²) < 4.78 is 5.12. The van der Waals surface area contributed by atoms with Crippen LogP contribution in [0.3, 0.4) is 0 Å². The molecule has 1 aromatic heterocycles. The molecular formula is C19H16ClN3O2S. The van der Waals surface area contributed by atoms with E-state index in [9.17, 15) is 4.79 Å². The highest BCUT2D eigenvalue weighted by Crippen LogP contribution is 2.26. The molecule has 7 heteroatoms. The first-order valence-electron chi connectivity index (χ1n) is 7.83. The highest BCUT2D eigenvalue weighted by molar-refractivity contribution is 7.15.